The summed E-state index contributed by atoms with van der Waals surface area (Å²) in [7, 11) is 0. The summed E-state index contributed by atoms with van der Waals surface area (Å²) in [4.78, 5) is 12.2. The Kier molecular flexibility index (Phi) is 2.65. The zero-order chi connectivity index (χ0) is 12.5. The molecule has 0 unspecified atom stereocenters. The second kappa shape index (κ2) is 4.31. The van der Waals surface area contributed by atoms with Crippen molar-refractivity contribution in [3.63, 3.8) is 0 Å². The van der Waals surface area contributed by atoms with Gasteiger partial charge < -0.3 is 4.42 Å². The first kappa shape index (κ1) is 11.1. The Morgan fingerprint density at radius 1 is 1.00 bits per heavy atom. The minimum absolute atomic E-state index is 0.122. The molecule has 0 aliphatic rings. The van der Waals surface area contributed by atoms with E-state index < -0.39 is 0 Å². The van der Waals surface area contributed by atoms with Crippen LogP contribution in [0.2, 0.25) is 5.02 Å². The highest BCUT2D eigenvalue weighted by Crippen LogP contribution is 2.24. The van der Waals surface area contributed by atoms with Crippen LogP contribution < -0.4 is 0 Å². The van der Waals surface area contributed by atoms with Crippen LogP contribution in [0, 0.1) is 0 Å². The summed E-state index contributed by atoms with van der Waals surface area (Å²) in [5.74, 6) is 0.210. The van der Waals surface area contributed by atoms with Gasteiger partial charge in [-0.05, 0) is 24.3 Å². The monoisotopic (exact) mass is 256 g/mol. The van der Waals surface area contributed by atoms with E-state index in [1.165, 1.54) is 0 Å². The molecular weight excluding hydrogens is 248 g/mol. The van der Waals surface area contributed by atoms with E-state index >= 15 is 0 Å². The fraction of sp³-hybridized carbons (Fsp3) is 0. The van der Waals surface area contributed by atoms with Crippen LogP contribution in [0.1, 0.15) is 16.1 Å². The molecule has 0 spiro atoms. The van der Waals surface area contributed by atoms with Crippen molar-refractivity contribution in [3.05, 3.63) is 70.9 Å². The van der Waals surface area contributed by atoms with E-state index in [-0.39, 0.29) is 5.78 Å². The lowest BCUT2D eigenvalue weighted by Crippen LogP contribution is -1.98. The summed E-state index contributed by atoms with van der Waals surface area (Å²) in [6, 6.07) is 16.1. The molecule has 1 aromatic heterocycles. The van der Waals surface area contributed by atoms with Gasteiger partial charge in [0, 0.05) is 16.0 Å². The molecule has 1 heterocycles. The van der Waals surface area contributed by atoms with Gasteiger partial charge in [-0.25, -0.2) is 0 Å². The molecule has 0 atom stereocenters. The van der Waals surface area contributed by atoms with Gasteiger partial charge in [0.05, 0.1) is 0 Å². The van der Waals surface area contributed by atoms with Crippen molar-refractivity contribution >= 4 is 28.4 Å². The summed E-state index contributed by atoms with van der Waals surface area (Å²) < 4.78 is 5.53. The van der Waals surface area contributed by atoms with Gasteiger partial charge in [-0.2, -0.15) is 0 Å². The molecule has 2 aromatic carbocycles. The Bertz CT molecular complexity index is 714. The van der Waals surface area contributed by atoms with Gasteiger partial charge in [-0.1, -0.05) is 41.9 Å². The molecule has 0 fully saturated rings. The SMILES string of the molecule is O=C(c1ccccc1)c1cc2cc(Cl)ccc2o1. The van der Waals surface area contributed by atoms with Gasteiger partial charge in [-0.15, -0.1) is 0 Å². The Balaban J connectivity index is 2.07. The quantitative estimate of drug-likeness (QED) is 0.639. The third-order valence-electron chi connectivity index (χ3n) is 2.74. The van der Waals surface area contributed by atoms with Crippen molar-refractivity contribution < 1.29 is 9.21 Å². The minimum Gasteiger partial charge on any atom is -0.453 e. The van der Waals surface area contributed by atoms with Crippen LogP contribution in [-0.4, -0.2) is 5.78 Å². The van der Waals surface area contributed by atoms with Crippen molar-refractivity contribution in [3.8, 4) is 0 Å². The molecule has 3 heteroatoms. The van der Waals surface area contributed by atoms with Crippen LogP contribution in [0.15, 0.2) is 59.0 Å². The molecule has 0 aliphatic heterocycles. The Hall–Kier alpha value is -2.06. The number of halogens is 1. The van der Waals surface area contributed by atoms with Crippen LogP contribution in [0.4, 0.5) is 0 Å². The molecule has 0 saturated heterocycles. The standard InChI is InChI=1S/C15H9ClO2/c16-12-6-7-13-11(8-12)9-14(18-13)15(17)10-4-2-1-3-5-10/h1-9H. The summed E-state index contributed by atoms with van der Waals surface area (Å²) in [5, 5.41) is 1.46. The number of hydrogen-bond acceptors (Lipinski definition) is 2. The topological polar surface area (TPSA) is 30.2 Å². The van der Waals surface area contributed by atoms with Crippen molar-refractivity contribution in [1.29, 1.82) is 0 Å². The van der Waals surface area contributed by atoms with Gasteiger partial charge in [0.1, 0.15) is 5.58 Å². The number of rotatable bonds is 2. The molecule has 2 nitrogen and oxygen atoms in total. The molecule has 0 N–H and O–H groups in total. The van der Waals surface area contributed by atoms with E-state index in [0.717, 1.165) is 5.39 Å². The Morgan fingerprint density at radius 3 is 2.56 bits per heavy atom. The zero-order valence-corrected chi connectivity index (χ0v) is 10.1. The van der Waals surface area contributed by atoms with Crippen LogP contribution in [0.3, 0.4) is 0 Å². The third-order valence-corrected chi connectivity index (χ3v) is 2.97. The fourth-order valence-electron chi connectivity index (χ4n) is 1.86. The number of furan rings is 1. The number of benzene rings is 2. The molecule has 0 saturated carbocycles. The van der Waals surface area contributed by atoms with E-state index in [1.807, 2.05) is 18.2 Å². The molecular formula is C15H9ClO2. The van der Waals surface area contributed by atoms with E-state index in [0.29, 0.717) is 21.9 Å². The number of fused-ring (bicyclic) bond motifs is 1. The van der Waals surface area contributed by atoms with Crippen molar-refractivity contribution in [2.24, 2.45) is 0 Å². The largest absolute Gasteiger partial charge is 0.453 e. The molecule has 0 amide bonds. The summed E-state index contributed by atoms with van der Waals surface area (Å²) in [5.41, 5.74) is 1.28. The molecule has 3 aromatic rings. The number of carbonyl (C=O) groups excluding carboxylic acids is 1. The van der Waals surface area contributed by atoms with Crippen molar-refractivity contribution in [1.82, 2.24) is 0 Å². The average molecular weight is 257 g/mol. The summed E-state index contributed by atoms with van der Waals surface area (Å²) in [6.45, 7) is 0. The maximum absolute atomic E-state index is 12.2. The van der Waals surface area contributed by atoms with Gasteiger partial charge in [0.25, 0.3) is 0 Å². The first-order valence-electron chi connectivity index (χ1n) is 5.53. The fourth-order valence-corrected chi connectivity index (χ4v) is 2.04. The lowest BCUT2D eigenvalue weighted by atomic mass is 10.1. The Labute approximate surface area is 109 Å². The van der Waals surface area contributed by atoms with Gasteiger partial charge in [-0.3, -0.25) is 4.79 Å². The van der Waals surface area contributed by atoms with Crippen LogP contribution in [0.25, 0.3) is 11.0 Å². The van der Waals surface area contributed by atoms with Gasteiger partial charge in [0.15, 0.2) is 5.76 Å². The highest BCUT2D eigenvalue weighted by Gasteiger charge is 2.14. The smallest absolute Gasteiger partial charge is 0.228 e. The number of ketones is 1. The molecule has 3 rings (SSSR count). The average Bonchev–Trinajstić information content (AvgIpc) is 2.81. The first-order chi connectivity index (χ1) is 8.74. The number of hydrogen-bond donors (Lipinski definition) is 0. The second-order valence-electron chi connectivity index (χ2n) is 3.99. The third kappa shape index (κ3) is 1.91. The molecule has 88 valence electrons. The minimum atomic E-state index is -0.122. The molecule has 0 bridgehead atoms. The highest BCUT2D eigenvalue weighted by molar-refractivity contribution is 6.31. The lowest BCUT2D eigenvalue weighted by molar-refractivity contribution is 0.101. The highest BCUT2D eigenvalue weighted by atomic mass is 35.5. The maximum atomic E-state index is 12.2. The molecule has 0 aliphatic carbocycles. The van der Waals surface area contributed by atoms with Crippen molar-refractivity contribution in [2.45, 2.75) is 0 Å². The van der Waals surface area contributed by atoms with E-state index in [2.05, 4.69) is 0 Å². The zero-order valence-electron chi connectivity index (χ0n) is 9.39. The Morgan fingerprint density at radius 2 is 1.78 bits per heavy atom. The van der Waals surface area contributed by atoms with E-state index in [1.54, 1.807) is 36.4 Å². The van der Waals surface area contributed by atoms with Crippen molar-refractivity contribution in [2.75, 3.05) is 0 Å². The lowest BCUT2D eigenvalue weighted by Gasteiger charge is -1.95. The van der Waals surface area contributed by atoms with Gasteiger partial charge >= 0.3 is 0 Å². The molecule has 0 radical (unpaired) electrons. The summed E-state index contributed by atoms with van der Waals surface area (Å²) >= 11 is 5.90. The predicted octanol–water partition coefficient (Wildman–Crippen LogP) is 4.32. The van der Waals surface area contributed by atoms with Crippen LogP contribution in [-0.2, 0) is 0 Å². The second-order valence-corrected chi connectivity index (χ2v) is 4.42. The first-order valence-corrected chi connectivity index (χ1v) is 5.91. The van der Waals surface area contributed by atoms with Crippen LogP contribution >= 0.6 is 11.6 Å². The van der Waals surface area contributed by atoms with E-state index in [4.69, 9.17) is 16.0 Å². The van der Waals surface area contributed by atoms with Gasteiger partial charge in [0.2, 0.25) is 5.78 Å². The van der Waals surface area contributed by atoms with E-state index in [9.17, 15) is 4.79 Å². The number of carbonyl (C=O) groups is 1. The maximum Gasteiger partial charge on any atom is 0.228 e. The normalized spacial score (nSPS) is 10.7. The summed E-state index contributed by atoms with van der Waals surface area (Å²) in [6.07, 6.45) is 0. The molecule has 18 heavy (non-hydrogen) atoms. The van der Waals surface area contributed by atoms with Crippen LogP contribution in [0.5, 0.6) is 0 Å². The predicted molar refractivity (Wildman–Crippen MR) is 71.1 cm³/mol.